The van der Waals surface area contributed by atoms with Crippen LogP contribution in [0, 0.1) is 0 Å². The smallest absolute Gasteiger partial charge is 0.305 e. The van der Waals surface area contributed by atoms with Crippen LogP contribution in [0.4, 0.5) is 0 Å². The lowest BCUT2D eigenvalue weighted by Crippen LogP contribution is -2.23. The van der Waals surface area contributed by atoms with Gasteiger partial charge in [0, 0.05) is 6.42 Å². The zero-order chi connectivity index (χ0) is 28.5. The van der Waals surface area contributed by atoms with E-state index in [2.05, 4.69) is 17.2 Å². The van der Waals surface area contributed by atoms with E-state index < -0.39 is 15.8 Å². The van der Waals surface area contributed by atoms with Crippen LogP contribution in [0.2, 0.25) is 0 Å². The third kappa shape index (κ3) is 13.3. The first-order valence-electron chi connectivity index (χ1n) is 13.3. The number of fused-ring (bicyclic) bond motifs is 1. The van der Waals surface area contributed by atoms with Gasteiger partial charge in [0.15, 0.2) is 9.84 Å². The number of H-pyrrole nitrogens is 1. The summed E-state index contributed by atoms with van der Waals surface area (Å²) < 4.78 is 30.5. The molecule has 1 heterocycles. The average Bonchev–Trinajstić information content (AvgIpc) is 3.30. The van der Waals surface area contributed by atoms with Crippen molar-refractivity contribution in [2.75, 3.05) is 37.8 Å². The summed E-state index contributed by atoms with van der Waals surface area (Å²) in [6.45, 7) is 4.05. The Kier molecular flexibility index (Phi) is 14.8. The van der Waals surface area contributed by atoms with Crippen LogP contribution in [0.5, 0.6) is 5.75 Å². The number of carboxylic acid groups (broad SMARTS) is 1. The lowest BCUT2D eigenvalue weighted by atomic mass is 10.1. The van der Waals surface area contributed by atoms with Crippen molar-refractivity contribution in [2.24, 2.45) is 0 Å². The molecular formula is C28H40N2O7S2. The van der Waals surface area contributed by atoms with Gasteiger partial charge in [-0.3, -0.25) is 9.59 Å². The molecule has 0 bridgehead atoms. The van der Waals surface area contributed by atoms with E-state index in [1.165, 1.54) is 5.56 Å². The first-order chi connectivity index (χ1) is 18.7. The number of thiazole rings is 1. The lowest BCUT2D eigenvalue weighted by molar-refractivity contribution is -0.137. The van der Waals surface area contributed by atoms with Crippen molar-refractivity contribution in [3.63, 3.8) is 0 Å². The molecule has 0 aliphatic rings. The first kappa shape index (κ1) is 32.5. The molecule has 0 aliphatic carbocycles. The molecule has 0 saturated carbocycles. The van der Waals surface area contributed by atoms with Crippen LogP contribution in [0.3, 0.4) is 0 Å². The summed E-state index contributed by atoms with van der Waals surface area (Å²) in [6, 6.07) is 13.4. The summed E-state index contributed by atoms with van der Waals surface area (Å²) in [5.41, 5.74) is 2.63. The van der Waals surface area contributed by atoms with Gasteiger partial charge in [0.1, 0.15) is 11.3 Å². The van der Waals surface area contributed by atoms with E-state index in [4.69, 9.17) is 9.84 Å². The van der Waals surface area contributed by atoms with Gasteiger partial charge in [0.05, 0.1) is 29.4 Å². The topological polar surface area (TPSA) is 146 Å². The molecule has 2 aromatic carbocycles. The minimum absolute atomic E-state index is 0.0414. The number of rotatable bonds is 17. The number of aliphatic carboxylic acids is 1. The van der Waals surface area contributed by atoms with Crippen molar-refractivity contribution in [1.82, 2.24) is 10.3 Å². The SMILES string of the molecule is CCCCCC(=O)O.O=c1[nH]c2c(O)ccc(CCNCCCS(=O)(=O)CCOCCc3ccccc3)c2s1. The number of benzene rings is 2. The molecule has 0 saturated heterocycles. The number of nitrogens with one attached hydrogen (secondary N) is 2. The first-order valence-corrected chi connectivity index (χ1v) is 15.9. The number of aromatic amines is 1. The Bertz CT molecular complexity index is 1290. The van der Waals surface area contributed by atoms with E-state index in [9.17, 15) is 23.1 Å². The Hall–Kier alpha value is -2.73. The average molecular weight is 581 g/mol. The van der Waals surface area contributed by atoms with Gasteiger partial charge in [-0.25, -0.2) is 8.42 Å². The molecule has 39 heavy (non-hydrogen) atoms. The molecule has 0 fully saturated rings. The van der Waals surface area contributed by atoms with E-state index in [0.717, 1.165) is 47.3 Å². The zero-order valence-corrected chi connectivity index (χ0v) is 24.1. The number of hydrogen-bond donors (Lipinski definition) is 4. The summed E-state index contributed by atoms with van der Waals surface area (Å²) in [5.74, 6) is -0.442. The fourth-order valence-corrected chi connectivity index (χ4v) is 5.84. The third-order valence-corrected chi connectivity index (χ3v) is 8.59. The molecule has 4 N–H and O–H groups in total. The second kappa shape index (κ2) is 17.8. The maximum atomic E-state index is 12.1. The number of hydrogen-bond acceptors (Lipinski definition) is 8. The lowest BCUT2D eigenvalue weighted by Gasteiger charge is -2.08. The fraction of sp³-hybridized carbons (Fsp3) is 0.500. The number of ether oxygens (including phenoxy) is 1. The quantitative estimate of drug-likeness (QED) is 0.174. The number of phenolic OH excluding ortho intramolecular Hbond substituents is 1. The van der Waals surface area contributed by atoms with Crippen molar-refractivity contribution >= 4 is 37.4 Å². The van der Waals surface area contributed by atoms with Crippen molar-refractivity contribution in [2.45, 2.75) is 51.9 Å². The standard InChI is InChI=1S/C22H28N2O5S2.C6H12O2/c25-19-8-7-18(21-20(19)24-22(26)30-21)9-12-23-11-4-15-31(27,28)16-14-29-13-10-17-5-2-1-3-6-17;1-2-3-4-5-6(7)8/h1-3,5-8,23,25H,4,9-16H2,(H,24,26);2-5H2,1H3,(H,7,8). The largest absolute Gasteiger partial charge is 0.506 e. The van der Waals surface area contributed by atoms with E-state index >= 15 is 0 Å². The summed E-state index contributed by atoms with van der Waals surface area (Å²) in [7, 11) is -3.13. The van der Waals surface area contributed by atoms with E-state index in [0.29, 0.717) is 44.5 Å². The maximum absolute atomic E-state index is 12.1. The summed E-state index contributed by atoms with van der Waals surface area (Å²) >= 11 is 1.08. The third-order valence-electron chi connectivity index (χ3n) is 5.93. The maximum Gasteiger partial charge on any atom is 0.305 e. The molecule has 0 atom stereocenters. The highest BCUT2D eigenvalue weighted by atomic mass is 32.2. The molecule has 216 valence electrons. The van der Waals surface area contributed by atoms with Gasteiger partial charge in [-0.15, -0.1) is 0 Å². The Morgan fingerprint density at radius 3 is 2.49 bits per heavy atom. The zero-order valence-electron chi connectivity index (χ0n) is 22.5. The van der Waals surface area contributed by atoms with Crippen molar-refractivity contribution in [3.05, 3.63) is 63.3 Å². The van der Waals surface area contributed by atoms with Crippen LogP contribution in [-0.4, -0.2) is 67.4 Å². The molecule has 9 nitrogen and oxygen atoms in total. The van der Waals surface area contributed by atoms with Gasteiger partial charge in [-0.05, 0) is 56.0 Å². The number of sulfone groups is 1. The van der Waals surface area contributed by atoms with Crippen molar-refractivity contribution < 1.29 is 28.2 Å². The van der Waals surface area contributed by atoms with Crippen LogP contribution < -0.4 is 10.2 Å². The number of aromatic hydroxyl groups is 1. The van der Waals surface area contributed by atoms with Gasteiger partial charge < -0.3 is 25.3 Å². The molecule has 3 rings (SSSR count). The van der Waals surface area contributed by atoms with Crippen molar-refractivity contribution in [1.29, 1.82) is 0 Å². The van der Waals surface area contributed by atoms with E-state index in [-0.39, 0.29) is 28.7 Å². The summed E-state index contributed by atoms with van der Waals surface area (Å²) in [5, 5.41) is 21.2. The highest BCUT2D eigenvalue weighted by Gasteiger charge is 2.11. The molecule has 3 aromatic rings. The number of carbonyl (C=O) groups is 1. The molecule has 1 aromatic heterocycles. The van der Waals surface area contributed by atoms with Crippen LogP contribution in [0.1, 0.15) is 50.2 Å². The van der Waals surface area contributed by atoms with Gasteiger partial charge in [0.2, 0.25) is 0 Å². The molecule has 0 radical (unpaired) electrons. The van der Waals surface area contributed by atoms with Crippen LogP contribution >= 0.6 is 11.3 Å². The second-order valence-corrected chi connectivity index (χ2v) is 12.5. The van der Waals surface area contributed by atoms with E-state index in [1.54, 1.807) is 6.07 Å². The van der Waals surface area contributed by atoms with E-state index in [1.807, 2.05) is 36.4 Å². The van der Waals surface area contributed by atoms with Gasteiger partial charge in [-0.1, -0.05) is 67.5 Å². The van der Waals surface area contributed by atoms with Gasteiger partial charge >= 0.3 is 10.8 Å². The summed E-state index contributed by atoms with van der Waals surface area (Å²) in [4.78, 5) is 23.9. The normalized spacial score (nSPS) is 11.3. The highest BCUT2D eigenvalue weighted by Crippen LogP contribution is 2.27. The number of aromatic nitrogens is 1. The Balaban J connectivity index is 0.000000580. The monoisotopic (exact) mass is 580 g/mol. The molecule has 0 amide bonds. The molecule has 0 unspecified atom stereocenters. The van der Waals surface area contributed by atoms with Crippen molar-refractivity contribution in [3.8, 4) is 5.75 Å². The summed E-state index contributed by atoms with van der Waals surface area (Å²) in [6.07, 6.45) is 5.28. The van der Waals surface area contributed by atoms with Crippen LogP contribution in [0.15, 0.2) is 47.3 Å². The minimum Gasteiger partial charge on any atom is -0.506 e. The molecule has 0 spiro atoms. The Morgan fingerprint density at radius 1 is 1.00 bits per heavy atom. The molecular weight excluding hydrogens is 540 g/mol. The predicted molar refractivity (Wildman–Crippen MR) is 157 cm³/mol. The molecule has 0 aliphatic heterocycles. The number of phenols is 1. The van der Waals surface area contributed by atoms with Crippen LogP contribution in [-0.2, 0) is 32.2 Å². The Labute approximate surface area is 234 Å². The van der Waals surface area contributed by atoms with Gasteiger partial charge in [0.25, 0.3) is 0 Å². The number of unbranched alkanes of at least 4 members (excludes halogenated alkanes) is 2. The highest BCUT2D eigenvalue weighted by molar-refractivity contribution is 7.91. The van der Waals surface area contributed by atoms with Crippen LogP contribution in [0.25, 0.3) is 10.2 Å². The Morgan fingerprint density at radius 2 is 1.77 bits per heavy atom. The minimum atomic E-state index is -3.13. The van der Waals surface area contributed by atoms with Gasteiger partial charge in [-0.2, -0.15) is 0 Å². The molecule has 11 heteroatoms. The number of carboxylic acids is 1. The second-order valence-electron chi connectivity index (χ2n) is 9.17. The fourth-order valence-electron chi connectivity index (χ4n) is 3.79. The predicted octanol–water partition coefficient (Wildman–Crippen LogP) is 4.14.